The van der Waals surface area contributed by atoms with Crippen LogP contribution in [0.3, 0.4) is 0 Å². The van der Waals surface area contributed by atoms with Gasteiger partial charge in [-0.15, -0.1) is 35.0 Å². The number of methoxy groups -OCH3 is 2. The van der Waals surface area contributed by atoms with Gasteiger partial charge in [-0.1, -0.05) is 60.7 Å². The number of hydrogen-bond donors (Lipinski definition) is 0. The number of halogens is 2. The highest BCUT2D eigenvalue weighted by Crippen LogP contribution is 2.65. The summed E-state index contributed by atoms with van der Waals surface area (Å²) in [5.74, 6) is -5.35. The summed E-state index contributed by atoms with van der Waals surface area (Å²) in [6.07, 6.45) is 0. The van der Waals surface area contributed by atoms with E-state index >= 15 is 0 Å². The maximum Gasteiger partial charge on any atom is 0.319 e. The van der Waals surface area contributed by atoms with Gasteiger partial charge in [0.2, 0.25) is 0 Å². The molecular formula is C21H18Cl2O5S. The first-order valence-corrected chi connectivity index (χ1v) is 10.2. The van der Waals surface area contributed by atoms with Crippen molar-refractivity contribution in [2.24, 2.45) is 11.8 Å². The predicted molar refractivity (Wildman–Crippen MR) is 112 cm³/mol. The van der Waals surface area contributed by atoms with E-state index in [1.54, 1.807) is 60.7 Å². The van der Waals surface area contributed by atoms with Crippen LogP contribution in [0, 0.1) is 11.8 Å². The van der Waals surface area contributed by atoms with Gasteiger partial charge in [0, 0.05) is 0 Å². The van der Waals surface area contributed by atoms with E-state index in [9.17, 15) is 14.4 Å². The molecule has 1 aliphatic rings. The van der Waals surface area contributed by atoms with Gasteiger partial charge in [0.25, 0.3) is 0 Å². The minimum absolute atomic E-state index is 0.500. The van der Waals surface area contributed by atoms with Gasteiger partial charge in [0.15, 0.2) is 5.78 Å². The first-order chi connectivity index (χ1) is 13.8. The van der Waals surface area contributed by atoms with E-state index in [1.807, 2.05) is 0 Å². The Morgan fingerprint density at radius 3 is 1.45 bits per heavy atom. The molecule has 8 heteroatoms. The number of alkyl halides is 2. The Morgan fingerprint density at radius 2 is 1.14 bits per heavy atom. The lowest BCUT2D eigenvalue weighted by Crippen LogP contribution is -2.55. The molecule has 152 valence electrons. The zero-order valence-electron chi connectivity index (χ0n) is 15.6. The van der Waals surface area contributed by atoms with Gasteiger partial charge in [-0.2, -0.15) is 0 Å². The van der Waals surface area contributed by atoms with Gasteiger partial charge in [0.05, 0.1) is 14.2 Å². The second-order valence-corrected chi connectivity index (χ2v) is 9.57. The number of esters is 2. The van der Waals surface area contributed by atoms with Crippen LogP contribution in [0.5, 0.6) is 0 Å². The first kappa shape index (κ1) is 21.7. The highest BCUT2D eigenvalue weighted by atomic mass is 35.5. The monoisotopic (exact) mass is 452 g/mol. The summed E-state index contributed by atoms with van der Waals surface area (Å²) in [6.45, 7) is 0. The van der Waals surface area contributed by atoms with Gasteiger partial charge < -0.3 is 9.47 Å². The molecule has 0 radical (unpaired) electrons. The second-order valence-electron chi connectivity index (χ2n) is 6.44. The van der Waals surface area contributed by atoms with Crippen LogP contribution >= 0.6 is 35.0 Å². The fourth-order valence-electron chi connectivity index (χ4n) is 3.42. The van der Waals surface area contributed by atoms with Crippen molar-refractivity contribution in [3.8, 4) is 0 Å². The van der Waals surface area contributed by atoms with E-state index < -0.39 is 38.0 Å². The number of carbonyl (C=O) groups excluding carboxylic acids is 3. The van der Waals surface area contributed by atoms with Crippen molar-refractivity contribution in [2.45, 2.75) is 8.41 Å². The number of rotatable bonds is 4. The van der Waals surface area contributed by atoms with E-state index in [4.69, 9.17) is 32.7 Å². The average molecular weight is 453 g/mol. The fraction of sp³-hybridized carbons (Fsp3) is 0.286. The van der Waals surface area contributed by atoms with E-state index in [0.717, 1.165) is 26.0 Å². The normalized spacial score (nSPS) is 29.2. The number of Topliss-reactive ketones (excluding diaryl/α,β-unsaturated/α-hetero) is 1. The Hall–Kier alpha value is -2.02. The Balaban J connectivity index is 2.26. The smallest absolute Gasteiger partial charge is 0.319 e. The Kier molecular flexibility index (Phi) is 6.27. The van der Waals surface area contributed by atoms with Crippen LogP contribution < -0.4 is 0 Å². The zero-order valence-corrected chi connectivity index (χ0v) is 18.0. The Bertz CT molecular complexity index is 850. The number of thioether (sulfide) groups is 1. The number of ether oxygens (including phenoxy) is 2. The molecule has 0 bridgehead atoms. The number of benzene rings is 2. The van der Waals surface area contributed by atoms with Crippen molar-refractivity contribution < 1.29 is 23.9 Å². The molecule has 4 atom stereocenters. The van der Waals surface area contributed by atoms with Gasteiger partial charge >= 0.3 is 11.9 Å². The van der Waals surface area contributed by atoms with Crippen LogP contribution in [-0.2, 0) is 32.3 Å². The summed E-state index contributed by atoms with van der Waals surface area (Å²) >= 11 is 14.9. The molecule has 2 aromatic rings. The number of hydrogen-bond acceptors (Lipinski definition) is 6. The van der Waals surface area contributed by atoms with Gasteiger partial charge in [0.1, 0.15) is 20.2 Å². The quantitative estimate of drug-likeness (QED) is 0.395. The SMILES string of the molecule is COC(=O)C1C(=O)C(C(=O)OC)C(Cl)(c2ccccc2)SC1(Cl)c1ccccc1. The van der Waals surface area contributed by atoms with Crippen LogP contribution in [0.2, 0.25) is 0 Å². The lowest BCUT2D eigenvalue weighted by Gasteiger charge is -2.47. The van der Waals surface area contributed by atoms with Crippen molar-refractivity contribution >= 4 is 52.7 Å². The third kappa shape index (κ3) is 3.65. The average Bonchev–Trinajstić information content (AvgIpc) is 2.74. The molecule has 0 aromatic heterocycles. The van der Waals surface area contributed by atoms with E-state index in [-0.39, 0.29) is 0 Å². The molecule has 0 amide bonds. The zero-order chi connectivity index (χ0) is 21.2. The molecule has 0 spiro atoms. The first-order valence-electron chi connectivity index (χ1n) is 8.68. The molecular weight excluding hydrogens is 435 g/mol. The van der Waals surface area contributed by atoms with Crippen LogP contribution in [0.4, 0.5) is 0 Å². The number of carbonyl (C=O) groups is 3. The highest BCUT2D eigenvalue weighted by molar-refractivity contribution is 8.03. The van der Waals surface area contributed by atoms with Crippen molar-refractivity contribution in [1.82, 2.24) is 0 Å². The Labute approximate surface area is 182 Å². The third-order valence-electron chi connectivity index (χ3n) is 4.82. The summed E-state index contributed by atoms with van der Waals surface area (Å²) in [4.78, 5) is 38.8. The van der Waals surface area contributed by atoms with Crippen LogP contribution in [0.25, 0.3) is 0 Å². The van der Waals surface area contributed by atoms with Gasteiger partial charge in [-0.05, 0) is 11.1 Å². The summed E-state index contributed by atoms with van der Waals surface area (Å²) < 4.78 is 6.54. The molecule has 0 aliphatic carbocycles. The van der Waals surface area contributed by atoms with Crippen molar-refractivity contribution in [3.63, 3.8) is 0 Å². The number of ketones is 1. The molecule has 1 heterocycles. The molecule has 1 fully saturated rings. The molecule has 1 aliphatic heterocycles. The topological polar surface area (TPSA) is 69.7 Å². The lowest BCUT2D eigenvalue weighted by atomic mass is 9.82. The molecule has 0 saturated carbocycles. The molecule has 3 rings (SSSR count). The summed E-state index contributed by atoms with van der Waals surface area (Å²) in [5.41, 5.74) is 0.999. The standard InChI is InChI=1S/C21H18Cl2O5S/c1-27-18(25)15-17(24)16(19(26)28-2)21(23,14-11-7-4-8-12-14)29-20(15,22)13-9-5-3-6-10-13/h3-12,15-16H,1-2H3. The predicted octanol–water partition coefficient (Wildman–Crippen LogP) is 4.06. The molecule has 4 unspecified atom stereocenters. The third-order valence-corrected chi connectivity index (χ3v) is 7.69. The minimum Gasteiger partial charge on any atom is -0.468 e. The van der Waals surface area contributed by atoms with Crippen LogP contribution in [0.15, 0.2) is 60.7 Å². The highest BCUT2D eigenvalue weighted by Gasteiger charge is 2.66. The summed E-state index contributed by atoms with van der Waals surface area (Å²) in [7, 11) is 2.32. The Morgan fingerprint density at radius 1 is 0.793 bits per heavy atom. The summed E-state index contributed by atoms with van der Waals surface area (Å²) in [6, 6.07) is 17.3. The van der Waals surface area contributed by atoms with Crippen LogP contribution in [0.1, 0.15) is 11.1 Å². The minimum atomic E-state index is -1.59. The second kappa shape index (κ2) is 8.38. The lowest BCUT2D eigenvalue weighted by molar-refractivity contribution is -0.157. The van der Waals surface area contributed by atoms with Crippen molar-refractivity contribution in [2.75, 3.05) is 14.2 Å². The van der Waals surface area contributed by atoms with Crippen molar-refractivity contribution in [1.29, 1.82) is 0 Å². The largest absolute Gasteiger partial charge is 0.468 e. The van der Waals surface area contributed by atoms with E-state index in [0.29, 0.717) is 11.1 Å². The molecule has 5 nitrogen and oxygen atoms in total. The van der Waals surface area contributed by atoms with Gasteiger partial charge in [-0.25, -0.2) is 0 Å². The maximum atomic E-state index is 13.5. The molecule has 0 N–H and O–H groups in total. The fourth-order valence-corrected chi connectivity index (χ4v) is 6.51. The molecule has 29 heavy (non-hydrogen) atoms. The van der Waals surface area contributed by atoms with Crippen molar-refractivity contribution in [3.05, 3.63) is 71.8 Å². The summed E-state index contributed by atoms with van der Waals surface area (Å²) in [5, 5.41) is 0. The van der Waals surface area contributed by atoms with E-state index in [2.05, 4.69) is 0 Å². The van der Waals surface area contributed by atoms with E-state index in [1.165, 1.54) is 0 Å². The molecule has 2 aromatic carbocycles. The molecule has 1 saturated heterocycles. The maximum absolute atomic E-state index is 13.5. The van der Waals surface area contributed by atoms with Gasteiger partial charge in [-0.3, -0.25) is 14.4 Å². The van der Waals surface area contributed by atoms with Crippen LogP contribution in [-0.4, -0.2) is 31.9 Å².